The molecule has 1 aliphatic heterocycles. The number of amides is 2. The van der Waals surface area contributed by atoms with Crippen LogP contribution >= 0.6 is 23.2 Å². The number of fused-ring (bicyclic) bond motifs is 1. The second-order valence-electron chi connectivity index (χ2n) is 10.9. The molecule has 1 atom stereocenters. The predicted octanol–water partition coefficient (Wildman–Crippen LogP) is 5.98. The monoisotopic (exact) mass is 671 g/mol. The van der Waals surface area contributed by atoms with Gasteiger partial charge in [0.25, 0.3) is 5.56 Å². The molecule has 238 valence electrons. The molecule has 1 aliphatic rings. The second kappa shape index (κ2) is 13.2. The van der Waals surface area contributed by atoms with Crippen LogP contribution in [0.5, 0.6) is 5.88 Å². The number of carbonyl (C=O) groups excluding carboxylic acids is 2. The number of aromatic nitrogens is 3. The largest absolute Gasteiger partial charge is 0.481 e. The standard InChI is InChI=1S/C34H27Cl2N5O6/c1-47-32-20(16-40(34(45)46)17-22-9-11-29(43)38-22)8-10-27(39-32)26-7-3-6-25(31(26)36)24-5-2-4-23(30(24)35)19-12-13-41-28(14-19)37-15-21(18-42)33(41)44/h2-8,10,12-15,18,22H,9,11,16-17H2,1H3,(H,38,43)(H,45,46). The Morgan fingerprint density at radius 2 is 1.77 bits per heavy atom. The number of pyridine rings is 2. The Kier molecular flexibility index (Phi) is 8.93. The number of halogens is 2. The number of aldehydes is 1. The van der Waals surface area contributed by atoms with Gasteiger partial charge in [0.2, 0.25) is 11.8 Å². The number of benzene rings is 2. The molecule has 2 amide bonds. The first-order chi connectivity index (χ1) is 22.7. The van der Waals surface area contributed by atoms with Crippen LogP contribution in [0.25, 0.3) is 39.2 Å². The molecule has 3 aromatic heterocycles. The summed E-state index contributed by atoms with van der Waals surface area (Å²) in [5, 5.41) is 13.4. The quantitative estimate of drug-likeness (QED) is 0.182. The van der Waals surface area contributed by atoms with Crippen molar-refractivity contribution in [2.45, 2.75) is 25.4 Å². The Balaban J connectivity index is 1.32. The molecule has 0 aliphatic carbocycles. The lowest BCUT2D eigenvalue weighted by molar-refractivity contribution is -0.119. The Hall–Kier alpha value is -5.26. The molecular weight excluding hydrogens is 645 g/mol. The zero-order valence-electron chi connectivity index (χ0n) is 24.9. The van der Waals surface area contributed by atoms with Gasteiger partial charge < -0.3 is 20.1 Å². The van der Waals surface area contributed by atoms with Crippen LogP contribution in [0.2, 0.25) is 10.0 Å². The van der Waals surface area contributed by atoms with Gasteiger partial charge in [-0.15, -0.1) is 0 Å². The molecule has 11 nitrogen and oxygen atoms in total. The molecule has 2 N–H and O–H groups in total. The fraction of sp³-hybridized carbons (Fsp3) is 0.176. The van der Waals surface area contributed by atoms with E-state index in [-0.39, 0.29) is 36.5 Å². The maximum Gasteiger partial charge on any atom is 0.407 e. The van der Waals surface area contributed by atoms with E-state index in [1.54, 1.807) is 30.5 Å². The van der Waals surface area contributed by atoms with Crippen molar-refractivity contribution in [3.8, 4) is 39.4 Å². The van der Waals surface area contributed by atoms with Gasteiger partial charge >= 0.3 is 6.09 Å². The third-order valence-corrected chi connectivity index (χ3v) is 8.84. The highest BCUT2D eigenvalue weighted by atomic mass is 35.5. The van der Waals surface area contributed by atoms with E-state index in [0.717, 1.165) is 0 Å². The van der Waals surface area contributed by atoms with E-state index in [9.17, 15) is 24.3 Å². The molecular formula is C34H27Cl2N5O6. The summed E-state index contributed by atoms with van der Waals surface area (Å²) >= 11 is 14.0. The zero-order valence-corrected chi connectivity index (χ0v) is 26.5. The second-order valence-corrected chi connectivity index (χ2v) is 11.7. The Bertz CT molecular complexity index is 2120. The van der Waals surface area contributed by atoms with E-state index in [4.69, 9.17) is 27.9 Å². The average Bonchev–Trinajstić information content (AvgIpc) is 3.49. The van der Waals surface area contributed by atoms with Crippen LogP contribution in [0.4, 0.5) is 4.79 Å². The van der Waals surface area contributed by atoms with Crippen molar-refractivity contribution in [2.75, 3.05) is 13.7 Å². The lowest BCUT2D eigenvalue weighted by Gasteiger charge is -2.23. The van der Waals surface area contributed by atoms with Crippen LogP contribution in [0.3, 0.4) is 0 Å². The minimum Gasteiger partial charge on any atom is -0.481 e. The summed E-state index contributed by atoms with van der Waals surface area (Å²) in [5.41, 5.74) is 4.25. The van der Waals surface area contributed by atoms with Crippen molar-refractivity contribution in [1.82, 2.24) is 24.6 Å². The van der Waals surface area contributed by atoms with Crippen LogP contribution in [0.1, 0.15) is 28.8 Å². The van der Waals surface area contributed by atoms with Gasteiger partial charge in [-0.2, -0.15) is 0 Å². The highest BCUT2D eigenvalue weighted by molar-refractivity contribution is 6.39. The summed E-state index contributed by atoms with van der Waals surface area (Å²) in [6.45, 7) is 0.167. The molecule has 1 fully saturated rings. The molecule has 2 aromatic carbocycles. The molecule has 1 saturated heterocycles. The predicted molar refractivity (Wildman–Crippen MR) is 177 cm³/mol. The van der Waals surface area contributed by atoms with Crippen molar-refractivity contribution < 1.29 is 24.2 Å². The summed E-state index contributed by atoms with van der Waals surface area (Å²) in [5.74, 6) is 0.158. The fourth-order valence-electron chi connectivity index (χ4n) is 5.65. The molecule has 47 heavy (non-hydrogen) atoms. The van der Waals surface area contributed by atoms with Crippen molar-refractivity contribution >= 4 is 47.1 Å². The lowest BCUT2D eigenvalue weighted by atomic mass is 9.97. The molecule has 1 unspecified atom stereocenters. The molecule has 0 spiro atoms. The minimum absolute atomic E-state index is 0.0194. The van der Waals surface area contributed by atoms with Crippen LogP contribution in [0, 0.1) is 0 Å². The van der Waals surface area contributed by atoms with Crippen LogP contribution in [-0.4, -0.2) is 62.4 Å². The lowest BCUT2D eigenvalue weighted by Crippen LogP contribution is -2.41. The first kappa shape index (κ1) is 31.7. The van der Waals surface area contributed by atoms with Gasteiger partial charge in [-0.05, 0) is 36.2 Å². The van der Waals surface area contributed by atoms with E-state index in [0.29, 0.717) is 73.9 Å². The number of rotatable bonds is 9. The van der Waals surface area contributed by atoms with Crippen molar-refractivity contribution in [2.24, 2.45) is 0 Å². The number of hydrogen-bond donors (Lipinski definition) is 2. The van der Waals surface area contributed by atoms with Gasteiger partial charge in [0.1, 0.15) is 5.65 Å². The van der Waals surface area contributed by atoms with Gasteiger partial charge in [-0.1, -0.05) is 59.6 Å². The normalized spacial score (nSPS) is 14.2. The number of carboxylic acid groups (broad SMARTS) is 1. The minimum atomic E-state index is -1.12. The van der Waals surface area contributed by atoms with E-state index in [2.05, 4.69) is 15.3 Å². The van der Waals surface area contributed by atoms with E-state index < -0.39 is 11.7 Å². The number of nitrogens with zero attached hydrogens (tertiary/aromatic N) is 4. The maximum atomic E-state index is 12.5. The first-order valence-electron chi connectivity index (χ1n) is 14.5. The SMILES string of the molecule is COc1nc(-c2cccc(-c3cccc(-c4ccn5c(=O)c(C=O)cnc5c4)c3Cl)c2Cl)ccc1CN(CC1CCC(=O)N1)C(=O)O. The molecule has 0 bridgehead atoms. The smallest absolute Gasteiger partial charge is 0.407 e. The number of hydrogen-bond acceptors (Lipinski definition) is 7. The Morgan fingerprint density at radius 1 is 1.06 bits per heavy atom. The zero-order chi connectivity index (χ0) is 33.2. The first-order valence-corrected chi connectivity index (χ1v) is 15.3. The topological polar surface area (TPSA) is 143 Å². The van der Waals surface area contributed by atoms with Crippen LogP contribution in [0.15, 0.2) is 77.9 Å². The summed E-state index contributed by atoms with van der Waals surface area (Å²) in [4.78, 5) is 57.4. The highest BCUT2D eigenvalue weighted by Crippen LogP contribution is 2.42. The average molecular weight is 673 g/mol. The van der Waals surface area contributed by atoms with Crippen molar-refractivity contribution in [1.29, 1.82) is 0 Å². The van der Waals surface area contributed by atoms with Gasteiger partial charge in [-0.3, -0.25) is 18.8 Å². The summed E-state index contributed by atoms with van der Waals surface area (Å²) in [6.07, 6.45) is 3.10. The molecule has 6 rings (SSSR count). The van der Waals surface area contributed by atoms with Gasteiger partial charge in [-0.25, -0.2) is 14.8 Å². The molecule has 0 saturated carbocycles. The Morgan fingerprint density at radius 3 is 2.43 bits per heavy atom. The number of ether oxygens (including phenoxy) is 1. The third kappa shape index (κ3) is 6.27. The highest BCUT2D eigenvalue weighted by Gasteiger charge is 2.26. The van der Waals surface area contributed by atoms with E-state index in [1.165, 1.54) is 22.6 Å². The molecule has 13 heteroatoms. The fourth-order valence-corrected chi connectivity index (χ4v) is 6.31. The molecule has 5 aromatic rings. The van der Waals surface area contributed by atoms with Crippen molar-refractivity contribution in [3.05, 3.63) is 105 Å². The number of nitrogens with one attached hydrogen (secondary N) is 1. The number of methoxy groups -OCH3 is 1. The van der Waals surface area contributed by atoms with E-state index in [1.807, 2.05) is 36.4 Å². The van der Waals surface area contributed by atoms with E-state index >= 15 is 0 Å². The molecule has 0 radical (unpaired) electrons. The summed E-state index contributed by atoms with van der Waals surface area (Å²) in [6, 6.07) is 17.7. The summed E-state index contributed by atoms with van der Waals surface area (Å²) < 4.78 is 6.85. The van der Waals surface area contributed by atoms with Crippen LogP contribution in [-0.2, 0) is 11.3 Å². The Labute approximate surface area is 278 Å². The van der Waals surface area contributed by atoms with Gasteiger partial charge in [0.05, 0.1) is 35.0 Å². The number of carbonyl (C=O) groups is 3. The van der Waals surface area contributed by atoms with Crippen molar-refractivity contribution in [3.63, 3.8) is 0 Å². The molecule has 4 heterocycles. The van der Waals surface area contributed by atoms with Crippen LogP contribution < -0.4 is 15.6 Å². The third-order valence-electron chi connectivity index (χ3n) is 8.03. The van der Waals surface area contributed by atoms with Gasteiger partial charge in [0, 0.05) is 59.2 Å². The summed E-state index contributed by atoms with van der Waals surface area (Å²) in [7, 11) is 1.46. The van der Waals surface area contributed by atoms with Gasteiger partial charge in [0.15, 0.2) is 6.29 Å². The maximum absolute atomic E-state index is 12.5.